The zero-order valence-corrected chi connectivity index (χ0v) is 20.6. The van der Waals surface area contributed by atoms with Crippen LogP contribution in [0.15, 0.2) is 16.9 Å². The van der Waals surface area contributed by atoms with Gasteiger partial charge in [0.25, 0.3) is 0 Å². The van der Waals surface area contributed by atoms with E-state index in [1.54, 1.807) is 11.0 Å². The van der Waals surface area contributed by atoms with Crippen molar-refractivity contribution in [3.63, 3.8) is 0 Å². The third-order valence-electron chi connectivity index (χ3n) is 6.18. The van der Waals surface area contributed by atoms with Crippen molar-refractivity contribution in [2.24, 2.45) is 0 Å². The molecule has 2 rings (SSSR count). The van der Waals surface area contributed by atoms with Crippen LogP contribution in [0.25, 0.3) is 0 Å². The minimum absolute atomic E-state index is 0.0358. The van der Waals surface area contributed by atoms with Gasteiger partial charge in [0, 0.05) is 38.7 Å². The minimum atomic E-state index is -0.252. The minimum Gasteiger partial charge on any atom is -0.379 e. The molecule has 0 atom stereocenters. The Kier molecular flexibility index (Phi) is 14.5. The molecule has 1 aromatic rings. The van der Waals surface area contributed by atoms with E-state index in [-0.39, 0.29) is 18.4 Å². The Morgan fingerprint density at radius 1 is 1.00 bits per heavy atom. The van der Waals surface area contributed by atoms with Crippen LogP contribution < -0.4 is 5.32 Å². The number of hydrogen-bond donors (Lipinski definition) is 1. The van der Waals surface area contributed by atoms with E-state index in [1.807, 2.05) is 0 Å². The molecule has 1 N–H and O–H groups in total. The highest BCUT2D eigenvalue weighted by molar-refractivity contribution is 5.93. The number of nitrogens with zero attached hydrogens (tertiary/aromatic N) is 3. The van der Waals surface area contributed by atoms with E-state index in [0.717, 1.165) is 45.7 Å². The maximum Gasteiger partial charge on any atom is 0.245 e. The topological polar surface area (TPSA) is 87.9 Å². The Hall–Kier alpha value is -1.93. The zero-order chi connectivity index (χ0) is 23.6. The van der Waals surface area contributed by atoms with Gasteiger partial charge >= 0.3 is 0 Å². The molecular weight excluding hydrogens is 420 g/mol. The third-order valence-corrected chi connectivity index (χ3v) is 6.18. The van der Waals surface area contributed by atoms with Crippen LogP contribution >= 0.6 is 0 Å². The first-order valence-corrected chi connectivity index (χ1v) is 13.0. The van der Waals surface area contributed by atoms with Crippen molar-refractivity contribution >= 4 is 17.6 Å². The molecule has 2 amide bonds. The molecule has 8 nitrogen and oxygen atoms in total. The molecule has 0 saturated carbocycles. The summed E-state index contributed by atoms with van der Waals surface area (Å²) in [7, 11) is 0. The summed E-state index contributed by atoms with van der Waals surface area (Å²) in [6.45, 7) is 6.76. The van der Waals surface area contributed by atoms with Crippen molar-refractivity contribution in [2.45, 2.75) is 84.0 Å². The van der Waals surface area contributed by atoms with Crippen molar-refractivity contribution in [1.29, 1.82) is 0 Å². The van der Waals surface area contributed by atoms with E-state index in [2.05, 4.69) is 22.3 Å². The number of rotatable bonds is 18. The van der Waals surface area contributed by atoms with Crippen molar-refractivity contribution < 1.29 is 18.8 Å². The first-order chi connectivity index (χ1) is 16.2. The van der Waals surface area contributed by atoms with E-state index >= 15 is 0 Å². The number of aromatic nitrogens is 1. The molecule has 0 spiro atoms. The largest absolute Gasteiger partial charge is 0.379 e. The molecule has 188 valence electrons. The fourth-order valence-corrected chi connectivity index (χ4v) is 4.11. The summed E-state index contributed by atoms with van der Waals surface area (Å²) in [6, 6.07) is 1.59. The SMILES string of the molecule is CCCCCCCCCCCCCC(=O)N(CCN1CCOCC1)CC(=O)Nc1ccon1. The Morgan fingerprint density at radius 3 is 2.24 bits per heavy atom. The van der Waals surface area contributed by atoms with E-state index in [1.165, 1.54) is 64.1 Å². The number of unbranched alkanes of at least 4 members (excludes halogenated alkanes) is 10. The van der Waals surface area contributed by atoms with Gasteiger partial charge in [0.05, 0.1) is 19.8 Å². The van der Waals surface area contributed by atoms with E-state index < -0.39 is 0 Å². The predicted octanol–water partition coefficient (Wildman–Crippen LogP) is 4.48. The summed E-state index contributed by atoms with van der Waals surface area (Å²) in [5.41, 5.74) is 0. The lowest BCUT2D eigenvalue weighted by molar-refractivity contribution is -0.135. The molecular formula is C25H44N4O4. The number of carbonyl (C=O) groups excluding carboxylic acids is 2. The molecule has 2 heterocycles. The van der Waals surface area contributed by atoms with Crippen LogP contribution in [0.2, 0.25) is 0 Å². The molecule has 8 heteroatoms. The Balaban J connectivity index is 1.64. The Bertz CT molecular complexity index is 632. The molecule has 0 aliphatic carbocycles. The number of hydrogen-bond acceptors (Lipinski definition) is 6. The summed E-state index contributed by atoms with van der Waals surface area (Å²) in [5, 5.41) is 6.39. The molecule has 1 aromatic heterocycles. The number of ether oxygens (including phenoxy) is 1. The maximum atomic E-state index is 12.9. The summed E-state index contributed by atoms with van der Waals surface area (Å²) in [6.07, 6.45) is 15.7. The van der Waals surface area contributed by atoms with Gasteiger partial charge in [-0.15, -0.1) is 0 Å². The number of morpholine rings is 1. The van der Waals surface area contributed by atoms with Gasteiger partial charge in [-0.1, -0.05) is 76.3 Å². The monoisotopic (exact) mass is 464 g/mol. The maximum absolute atomic E-state index is 12.9. The van der Waals surface area contributed by atoms with Gasteiger partial charge in [-0.2, -0.15) is 0 Å². The highest BCUT2D eigenvalue weighted by atomic mass is 16.5. The lowest BCUT2D eigenvalue weighted by Gasteiger charge is -2.30. The summed E-state index contributed by atoms with van der Waals surface area (Å²) >= 11 is 0. The number of anilines is 1. The van der Waals surface area contributed by atoms with Gasteiger partial charge in [0.2, 0.25) is 11.8 Å². The predicted molar refractivity (Wildman–Crippen MR) is 130 cm³/mol. The Labute approximate surface area is 199 Å². The number of carbonyl (C=O) groups is 2. The van der Waals surface area contributed by atoms with E-state index in [0.29, 0.717) is 18.8 Å². The van der Waals surface area contributed by atoms with E-state index in [4.69, 9.17) is 9.26 Å². The fourth-order valence-electron chi connectivity index (χ4n) is 4.11. The number of amides is 2. The van der Waals surface area contributed by atoms with Crippen molar-refractivity contribution in [2.75, 3.05) is 51.3 Å². The van der Waals surface area contributed by atoms with Gasteiger partial charge in [-0.25, -0.2) is 0 Å². The molecule has 0 radical (unpaired) electrons. The molecule has 1 fully saturated rings. The average Bonchev–Trinajstić information content (AvgIpc) is 3.33. The smallest absolute Gasteiger partial charge is 0.245 e. The standard InChI is InChI=1S/C25H44N4O4/c1-2-3-4-5-6-7-8-9-10-11-12-13-25(31)29(16-15-28-17-20-32-21-18-28)22-24(30)26-23-14-19-33-27-23/h14,19H,2-13,15-18,20-22H2,1H3,(H,26,27,30). The van der Waals surface area contributed by atoms with Crippen LogP contribution in [0.3, 0.4) is 0 Å². The fraction of sp³-hybridized carbons (Fsp3) is 0.800. The van der Waals surface area contributed by atoms with Gasteiger partial charge in [-0.3, -0.25) is 14.5 Å². The second-order valence-electron chi connectivity index (χ2n) is 8.99. The average molecular weight is 465 g/mol. The molecule has 0 unspecified atom stereocenters. The van der Waals surface area contributed by atoms with E-state index in [9.17, 15) is 9.59 Å². The first-order valence-electron chi connectivity index (χ1n) is 13.0. The van der Waals surface area contributed by atoms with Crippen LogP contribution in [0, 0.1) is 0 Å². The normalized spacial score (nSPS) is 14.3. The number of nitrogens with one attached hydrogen (secondary N) is 1. The zero-order valence-electron chi connectivity index (χ0n) is 20.6. The van der Waals surface area contributed by atoms with Crippen molar-refractivity contribution in [3.8, 4) is 0 Å². The van der Waals surface area contributed by atoms with Crippen molar-refractivity contribution in [3.05, 3.63) is 12.3 Å². The van der Waals surface area contributed by atoms with Crippen LogP contribution in [0.1, 0.15) is 84.0 Å². The van der Waals surface area contributed by atoms with Gasteiger partial charge < -0.3 is 19.5 Å². The molecule has 1 saturated heterocycles. The van der Waals surface area contributed by atoms with Crippen LogP contribution in [0.4, 0.5) is 5.82 Å². The van der Waals surface area contributed by atoms with Crippen molar-refractivity contribution in [1.82, 2.24) is 15.0 Å². The third kappa shape index (κ3) is 12.8. The van der Waals surface area contributed by atoms with Gasteiger partial charge in [-0.05, 0) is 6.42 Å². The summed E-state index contributed by atoms with van der Waals surface area (Å²) < 4.78 is 10.2. The second kappa shape index (κ2) is 17.5. The van der Waals surface area contributed by atoms with Crippen LogP contribution in [-0.4, -0.2) is 72.7 Å². The highest BCUT2D eigenvalue weighted by Crippen LogP contribution is 2.13. The van der Waals surface area contributed by atoms with Crippen LogP contribution in [0.5, 0.6) is 0 Å². The summed E-state index contributed by atoms with van der Waals surface area (Å²) in [5.74, 6) is 0.165. The highest BCUT2D eigenvalue weighted by Gasteiger charge is 2.19. The quantitative estimate of drug-likeness (QED) is 0.322. The Morgan fingerprint density at radius 2 is 1.64 bits per heavy atom. The molecule has 33 heavy (non-hydrogen) atoms. The molecule has 0 bridgehead atoms. The first kappa shape index (κ1) is 27.3. The molecule has 1 aliphatic heterocycles. The van der Waals surface area contributed by atoms with Gasteiger partial charge in [0.1, 0.15) is 6.26 Å². The van der Waals surface area contributed by atoms with Gasteiger partial charge in [0.15, 0.2) is 5.82 Å². The molecule has 0 aromatic carbocycles. The lowest BCUT2D eigenvalue weighted by Crippen LogP contribution is -2.45. The second-order valence-corrected chi connectivity index (χ2v) is 8.99. The molecule has 1 aliphatic rings. The summed E-state index contributed by atoms with van der Waals surface area (Å²) in [4.78, 5) is 29.3. The van der Waals surface area contributed by atoms with Crippen LogP contribution in [-0.2, 0) is 14.3 Å². The lowest BCUT2D eigenvalue weighted by atomic mass is 10.1.